The van der Waals surface area contributed by atoms with Crippen LogP contribution >= 0.6 is 0 Å². The van der Waals surface area contributed by atoms with Crippen LogP contribution in [0.15, 0.2) is 0 Å². The molecule has 0 spiro atoms. The molecule has 0 unspecified atom stereocenters. The molecule has 0 aromatic carbocycles. The van der Waals surface area contributed by atoms with Gasteiger partial charge in [-0.3, -0.25) is 4.79 Å². The first kappa shape index (κ1) is 11.0. The van der Waals surface area contributed by atoms with Crippen molar-refractivity contribution in [2.24, 2.45) is 0 Å². The van der Waals surface area contributed by atoms with Gasteiger partial charge in [0.25, 0.3) is 0 Å². The fourth-order valence-electron chi connectivity index (χ4n) is 0.328. The predicted molar refractivity (Wildman–Crippen MR) is 27.2 cm³/mol. The molecule has 0 aromatic heterocycles. The van der Waals surface area contributed by atoms with E-state index in [0.29, 0.717) is 6.42 Å². The largest absolute Gasteiger partial charge is 0.481 e. The van der Waals surface area contributed by atoms with Crippen LogP contribution in [0.1, 0.15) is 26.2 Å². The Kier molecular flexibility index (Phi) is 9.78. The maximum Gasteiger partial charge on any atom is 0.303 e. The number of hydrogen-bond acceptors (Lipinski definition) is 1. The van der Waals surface area contributed by atoms with Gasteiger partial charge < -0.3 is 5.11 Å². The van der Waals surface area contributed by atoms with Gasteiger partial charge in [-0.15, -0.1) is 0 Å². The molecule has 0 heterocycles. The third-order valence-corrected chi connectivity index (χ3v) is 0.744. The van der Waals surface area contributed by atoms with Crippen LogP contribution in [-0.4, -0.2) is 11.1 Å². The SMILES string of the molecule is CCCCC(=O)O.[Ir]. The predicted octanol–water partition coefficient (Wildman–Crippen LogP) is 1.26. The minimum absolute atomic E-state index is 0. The number of hydrogen-bond donors (Lipinski definition) is 1. The zero-order chi connectivity index (χ0) is 5.70. The molecule has 1 radical (unpaired) electrons. The molecule has 3 heteroatoms. The van der Waals surface area contributed by atoms with Crippen molar-refractivity contribution in [2.75, 3.05) is 0 Å². The Morgan fingerprint density at radius 3 is 2.25 bits per heavy atom. The summed E-state index contributed by atoms with van der Waals surface area (Å²) in [6.45, 7) is 1.98. The molecule has 0 aliphatic rings. The molecule has 2 nitrogen and oxygen atoms in total. The van der Waals surface area contributed by atoms with Crippen LogP contribution in [0.3, 0.4) is 0 Å². The van der Waals surface area contributed by atoms with Gasteiger partial charge in [0.15, 0.2) is 0 Å². The zero-order valence-corrected chi connectivity index (χ0v) is 7.21. The zero-order valence-electron chi connectivity index (χ0n) is 4.81. The fraction of sp³-hybridized carbons (Fsp3) is 0.800. The van der Waals surface area contributed by atoms with Gasteiger partial charge in [-0.1, -0.05) is 13.3 Å². The van der Waals surface area contributed by atoms with Gasteiger partial charge in [0.2, 0.25) is 0 Å². The summed E-state index contributed by atoms with van der Waals surface area (Å²) in [5, 5.41) is 8.04. The molecule has 0 amide bonds. The van der Waals surface area contributed by atoms with Crippen molar-refractivity contribution >= 4 is 5.97 Å². The summed E-state index contributed by atoms with van der Waals surface area (Å²) in [5.74, 6) is -0.693. The van der Waals surface area contributed by atoms with E-state index in [2.05, 4.69) is 0 Å². The molecular weight excluding hydrogens is 284 g/mol. The Bertz CT molecular complexity index is 63.4. The number of carboxylic acid groups (broad SMARTS) is 1. The minimum atomic E-state index is -0.693. The van der Waals surface area contributed by atoms with Crippen molar-refractivity contribution < 1.29 is 30.0 Å². The fourth-order valence-corrected chi connectivity index (χ4v) is 0.328. The van der Waals surface area contributed by atoms with Gasteiger partial charge in [0.1, 0.15) is 0 Å². The summed E-state index contributed by atoms with van der Waals surface area (Å²) in [6, 6.07) is 0. The second-order valence-electron chi connectivity index (χ2n) is 1.50. The van der Waals surface area contributed by atoms with E-state index in [0.717, 1.165) is 12.8 Å². The molecule has 0 saturated heterocycles. The molecule has 0 saturated carbocycles. The molecule has 0 aliphatic heterocycles. The van der Waals surface area contributed by atoms with Gasteiger partial charge in [0, 0.05) is 26.5 Å². The third kappa shape index (κ3) is 9.45. The topological polar surface area (TPSA) is 37.3 Å². The molecule has 0 atom stereocenters. The molecule has 0 fully saturated rings. The molecule has 0 bridgehead atoms. The van der Waals surface area contributed by atoms with E-state index in [1.807, 2.05) is 6.92 Å². The summed E-state index contributed by atoms with van der Waals surface area (Å²) >= 11 is 0. The quantitative estimate of drug-likeness (QED) is 0.851. The Balaban J connectivity index is 0. The Morgan fingerprint density at radius 1 is 1.62 bits per heavy atom. The summed E-state index contributed by atoms with van der Waals surface area (Å²) in [4.78, 5) is 9.76. The van der Waals surface area contributed by atoms with E-state index in [-0.39, 0.29) is 20.1 Å². The normalized spacial score (nSPS) is 7.62. The minimum Gasteiger partial charge on any atom is -0.481 e. The molecule has 8 heavy (non-hydrogen) atoms. The second kappa shape index (κ2) is 7.12. The van der Waals surface area contributed by atoms with Gasteiger partial charge in [-0.25, -0.2) is 0 Å². The molecule has 0 aromatic rings. The molecular formula is C5H10IrO2. The average Bonchev–Trinajstić information content (AvgIpc) is 1.61. The third-order valence-electron chi connectivity index (χ3n) is 0.744. The monoisotopic (exact) mass is 295 g/mol. The molecule has 51 valence electrons. The summed E-state index contributed by atoms with van der Waals surface area (Å²) in [7, 11) is 0. The first-order chi connectivity index (χ1) is 3.27. The standard InChI is InChI=1S/C5H10O2.Ir/c1-2-3-4-5(6)7;/h2-4H2,1H3,(H,6,7);. The van der Waals surface area contributed by atoms with E-state index >= 15 is 0 Å². The maximum absolute atomic E-state index is 9.76. The van der Waals surface area contributed by atoms with Crippen molar-refractivity contribution in [2.45, 2.75) is 26.2 Å². The summed E-state index contributed by atoms with van der Waals surface area (Å²) in [6.07, 6.45) is 2.08. The smallest absolute Gasteiger partial charge is 0.303 e. The van der Waals surface area contributed by atoms with E-state index in [9.17, 15) is 4.79 Å². The van der Waals surface area contributed by atoms with Crippen LogP contribution in [0.25, 0.3) is 0 Å². The number of carboxylic acids is 1. The molecule has 0 rings (SSSR count). The van der Waals surface area contributed by atoms with Gasteiger partial charge in [-0.05, 0) is 6.42 Å². The summed E-state index contributed by atoms with van der Waals surface area (Å²) < 4.78 is 0. The number of rotatable bonds is 3. The van der Waals surface area contributed by atoms with Gasteiger partial charge >= 0.3 is 5.97 Å². The van der Waals surface area contributed by atoms with Crippen molar-refractivity contribution in [3.05, 3.63) is 0 Å². The first-order valence-corrected chi connectivity index (χ1v) is 2.49. The second-order valence-corrected chi connectivity index (χ2v) is 1.50. The van der Waals surface area contributed by atoms with E-state index in [4.69, 9.17) is 5.11 Å². The summed E-state index contributed by atoms with van der Waals surface area (Å²) in [5.41, 5.74) is 0. The molecule has 1 N–H and O–H groups in total. The van der Waals surface area contributed by atoms with Crippen LogP contribution < -0.4 is 0 Å². The Labute approximate surface area is 62.6 Å². The van der Waals surface area contributed by atoms with Gasteiger partial charge in [-0.2, -0.15) is 0 Å². The first-order valence-electron chi connectivity index (χ1n) is 2.49. The average molecular weight is 294 g/mol. The molecule has 0 aliphatic carbocycles. The van der Waals surface area contributed by atoms with E-state index < -0.39 is 5.97 Å². The van der Waals surface area contributed by atoms with Crippen LogP contribution in [0.4, 0.5) is 0 Å². The van der Waals surface area contributed by atoms with E-state index in [1.54, 1.807) is 0 Å². The van der Waals surface area contributed by atoms with Crippen LogP contribution in [0, 0.1) is 0 Å². The van der Waals surface area contributed by atoms with Crippen LogP contribution in [-0.2, 0) is 24.9 Å². The van der Waals surface area contributed by atoms with Gasteiger partial charge in [0.05, 0.1) is 0 Å². The van der Waals surface area contributed by atoms with Crippen LogP contribution in [0.5, 0.6) is 0 Å². The van der Waals surface area contributed by atoms with Crippen LogP contribution in [0.2, 0.25) is 0 Å². The van der Waals surface area contributed by atoms with Crippen molar-refractivity contribution in [1.82, 2.24) is 0 Å². The maximum atomic E-state index is 9.76. The number of unbranched alkanes of at least 4 members (excludes halogenated alkanes) is 1. The Hall–Kier alpha value is 0.119. The van der Waals surface area contributed by atoms with E-state index in [1.165, 1.54) is 0 Å². The number of aliphatic carboxylic acids is 1. The van der Waals surface area contributed by atoms with Crippen molar-refractivity contribution in [1.29, 1.82) is 0 Å². The van der Waals surface area contributed by atoms with Crippen molar-refractivity contribution in [3.8, 4) is 0 Å². The Morgan fingerprint density at radius 2 is 2.12 bits per heavy atom. The number of carbonyl (C=O) groups is 1. The van der Waals surface area contributed by atoms with Crippen molar-refractivity contribution in [3.63, 3.8) is 0 Å².